The zero-order valence-corrected chi connectivity index (χ0v) is 14.8. The van der Waals surface area contributed by atoms with Gasteiger partial charge in [0.25, 0.3) is 5.91 Å². The minimum atomic E-state index is -4.20. The molecule has 0 bridgehead atoms. The predicted octanol–water partition coefficient (Wildman–Crippen LogP) is 3.46. The number of alkyl halides is 3. The van der Waals surface area contributed by atoms with Gasteiger partial charge < -0.3 is 9.88 Å². The summed E-state index contributed by atoms with van der Waals surface area (Å²) in [7, 11) is 0. The van der Waals surface area contributed by atoms with Crippen LogP contribution in [0.2, 0.25) is 0 Å². The van der Waals surface area contributed by atoms with E-state index in [0.29, 0.717) is 18.5 Å². The van der Waals surface area contributed by atoms with Crippen LogP contribution in [-0.2, 0) is 0 Å². The van der Waals surface area contributed by atoms with Crippen molar-refractivity contribution in [2.45, 2.75) is 32.5 Å². The van der Waals surface area contributed by atoms with Crippen molar-refractivity contribution in [1.29, 1.82) is 0 Å². The number of hydrogen-bond donors (Lipinski definition) is 1. The topological polar surface area (TPSA) is 37.3 Å². The molecule has 4 nitrogen and oxygen atoms in total. The van der Waals surface area contributed by atoms with E-state index in [0.717, 1.165) is 17.1 Å². The van der Waals surface area contributed by atoms with Crippen LogP contribution < -0.4 is 5.32 Å². The molecule has 1 aliphatic rings. The smallest absolute Gasteiger partial charge is 0.348 e. The molecule has 1 amide bonds. The van der Waals surface area contributed by atoms with Crippen LogP contribution in [0.1, 0.15) is 28.2 Å². The van der Waals surface area contributed by atoms with E-state index in [1.54, 1.807) is 12.1 Å². The highest BCUT2D eigenvalue weighted by molar-refractivity contribution is 5.94. The molecule has 0 saturated carbocycles. The number of carbonyl (C=O) groups excluding carboxylic acids is 1. The summed E-state index contributed by atoms with van der Waals surface area (Å²) >= 11 is 0. The number of halogens is 3. The van der Waals surface area contributed by atoms with Crippen LogP contribution in [0.25, 0.3) is 5.69 Å². The largest absolute Gasteiger partial charge is 0.401 e. The van der Waals surface area contributed by atoms with Crippen molar-refractivity contribution in [3.63, 3.8) is 0 Å². The molecule has 1 aliphatic heterocycles. The van der Waals surface area contributed by atoms with E-state index in [4.69, 9.17) is 0 Å². The molecule has 1 aromatic carbocycles. The zero-order chi connectivity index (χ0) is 18.9. The number of nitrogens with one attached hydrogen (secondary N) is 1. The van der Waals surface area contributed by atoms with Crippen LogP contribution in [-0.4, -0.2) is 47.2 Å². The second-order valence-electron chi connectivity index (χ2n) is 6.81. The first-order chi connectivity index (χ1) is 12.2. The maximum absolute atomic E-state index is 12.4. The van der Waals surface area contributed by atoms with Gasteiger partial charge in [-0.3, -0.25) is 9.69 Å². The van der Waals surface area contributed by atoms with Crippen LogP contribution in [0.4, 0.5) is 13.2 Å². The van der Waals surface area contributed by atoms with Gasteiger partial charge in [0, 0.05) is 41.8 Å². The molecule has 140 valence electrons. The number of nitrogens with zero attached hydrogens (tertiary/aromatic N) is 2. The molecule has 7 heteroatoms. The van der Waals surface area contributed by atoms with Gasteiger partial charge in [0.1, 0.15) is 0 Å². The molecule has 1 fully saturated rings. The number of aryl methyl sites for hydroxylation is 2. The Labute approximate surface area is 150 Å². The number of amides is 1. The minimum absolute atomic E-state index is 0.227. The summed E-state index contributed by atoms with van der Waals surface area (Å²) in [6, 6.07) is 11.0. The molecule has 0 spiro atoms. The van der Waals surface area contributed by atoms with Crippen molar-refractivity contribution >= 4 is 5.91 Å². The maximum Gasteiger partial charge on any atom is 0.401 e. The molecule has 0 aliphatic carbocycles. The third-order valence-electron chi connectivity index (χ3n) is 4.67. The number of benzene rings is 1. The molecule has 2 aromatic rings. The summed E-state index contributed by atoms with van der Waals surface area (Å²) < 4.78 is 39.4. The number of likely N-dealkylation sites (tertiary alicyclic amines) is 1. The van der Waals surface area contributed by atoms with Crippen molar-refractivity contribution in [1.82, 2.24) is 14.8 Å². The first-order valence-electron chi connectivity index (χ1n) is 8.58. The fourth-order valence-corrected chi connectivity index (χ4v) is 3.45. The van der Waals surface area contributed by atoms with Crippen molar-refractivity contribution in [2.24, 2.45) is 0 Å². The highest BCUT2D eigenvalue weighted by atomic mass is 19.4. The predicted molar refractivity (Wildman–Crippen MR) is 93.6 cm³/mol. The summed E-state index contributed by atoms with van der Waals surface area (Å²) in [5.41, 5.74) is 3.69. The van der Waals surface area contributed by atoms with Gasteiger partial charge in [-0.2, -0.15) is 13.2 Å². The van der Waals surface area contributed by atoms with E-state index in [1.165, 1.54) is 4.90 Å². The van der Waals surface area contributed by atoms with Crippen molar-refractivity contribution in [3.8, 4) is 5.69 Å². The van der Waals surface area contributed by atoms with Crippen LogP contribution in [0.5, 0.6) is 0 Å². The Balaban J connectivity index is 1.61. The van der Waals surface area contributed by atoms with Gasteiger partial charge in [0.05, 0.1) is 6.54 Å². The van der Waals surface area contributed by atoms with Crippen molar-refractivity contribution < 1.29 is 18.0 Å². The van der Waals surface area contributed by atoms with Crippen LogP contribution in [0, 0.1) is 13.8 Å². The van der Waals surface area contributed by atoms with E-state index in [-0.39, 0.29) is 18.5 Å². The van der Waals surface area contributed by atoms with E-state index in [2.05, 4.69) is 9.88 Å². The Morgan fingerprint density at radius 3 is 2.31 bits per heavy atom. The average molecular weight is 365 g/mol. The monoisotopic (exact) mass is 365 g/mol. The first kappa shape index (κ1) is 18.5. The summed E-state index contributed by atoms with van der Waals surface area (Å²) in [6.07, 6.45) is -3.68. The van der Waals surface area contributed by atoms with Gasteiger partial charge in [0.2, 0.25) is 0 Å². The van der Waals surface area contributed by atoms with Crippen molar-refractivity contribution in [3.05, 3.63) is 53.3 Å². The molecule has 3 rings (SSSR count). The lowest BCUT2D eigenvalue weighted by molar-refractivity contribution is -0.143. The molecule has 26 heavy (non-hydrogen) atoms. The number of rotatable bonds is 4. The Morgan fingerprint density at radius 1 is 1.12 bits per heavy atom. The molecule has 0 unspecified atom stereocenters. The molecular weight excluding hydrogens is 343 g/mol. The molecule has 1 saturated heterocycles. The Kier molecular flexibility index (Phi) is 5.09. The lowest BCUT2D eigenvalue weighted by Gasteiger charge is -2.18. The van der Waals surface area contributed by atoms with Gasteiger partial charge in [-0.1, -0.05) is 0 Å². The molecule has 1 aromatic heterocycles. The Bertz CT molecular complexity index is 761. The van der Waals surface area contributed by atoms with Gasteiger partial charge in [-0.25, -0.2) is 0 Å². The second-order valence-corrected chi connectivity index (χ2v) is 6.81. The normalized spacial score (nSPS) is 18.3. The highest BCUT2D eigenvalue weighted by Gasteiger charge is 2.34. The van der Waals surface area contributed by atoms with Crippen molar-refractivity contribution in [2.75, 3.05) is 19.6 Å². The fourth-order valence-electron chi connectivity index (χ4n) is 3.45. The van der Waals surface area contributed by atoms with E-state index >= 15 is 0 Å². The third kappa shape index (κ3) is 4.27. The SMILES string of the molecule is Cc1ccc(C)n1-c1ccc(C(=O)N[C@H]2CCN(CC(F)(F)F)C2)cc1. The molecule has 1 N–H and O–H groups in total. The molecular formula is C19H22F3N3O. The molecule has 2 heterocycles. The highest BCUT2D eigenvalue weighted by Crippen LogP contribution is 2.20. The summed E-state index contributed by atoms with van der Waals surface area (Å²) in [6.45, 7) is 3.67. The lowest BCUT2D eigenvalue weighted by Crippen LogP contribution is -2.39. The average Bonchev–Trinajstić information content (AvgIpc) is 3.12. The van der Waals surface area contributed by atoms with Gasteiger partial charge in [-0.15, -0.1) is 0 Å². The lowest BCUT2D eigenvalue weighted by atomic mass is 10.1. The second kappa shape index (κ2) is 7.15. The standard InChI is InChI=1S/C19H22F3N3O/c1-13-3-4-14(2)25(13)17-7-5-15(6-8-17)18(26)23-16-9-10-24(11-16)12-19(20,21)22/h3-8,16H,9-12H2,1-2H3,(H,23,26)/t16-/m0/s1. The Morgan fingerprint density at radius 2 is 1.73 bits per heavy atom. The summed E-state index contributed by atoms with van der Waals surface area (Å²) in [4.78, 5) is 13.7. The molecule has 0 radical (unpaired) electrons. The number of aromatic nitrogens is 1. The van der Waals surface area contributed by atoms with E-state index in [9.17, 15) is 18.0 Å². The zero-order valence-electron chi connectivity index (χ0n) is 14.8. The summed E-state index contributed by atoms with van der Waals surface area (Å²) in [5, 5.41) is 2.83. The van der Waals surface area contributed by atoms with Crippen LogP contribution in [0.3, 0.4) is 0 Å². The quantitative estimate of drug-likeness (QED) is 0.901. The van der Waals surface area contributed by atoms with E-state index < -0.39 is 12.7 Å². The summed E-state index contributed by atoms with van der Waals surface area (Å²) in [5.74, 6) is -0.253. The van der Waals surface area contributed by atoms with Crippen LogP contribution >= 0.6 is 0 Å². The third-order valence-corrected chi connectivity index (χ3v) is 4.67. The Hall–Kier alpha value is -2.28. The molecule has 1 atom stereocenters. The van der Waals surface area contributed by atoms with Crippen LogP contribution in [0.15, 0.2) is 36.4 Å². The van der Waals surface area contributed by atoms with Gasteiger partial charge >= 0.3 is 6.18 Å². The minimum Gasteiger partial charge on any atom is -0.348 e. The maximum atomic E-state index is 12.4. The van der Waals surface area contributed by atoms with Gasteiger partial charge in [0.15, 0.2) is 0 Å². The van der Waals surface area contributed by atoms with E-state index in [1.807, 2.05) is 38.1 Å². The number of carbonyl (C=O) groups is 1. The van der Waals surface area contributed by atoms with Gasteiger partial charge in [-0.05, 0) is 56.7 Å². The first-order valence-corrected chi connectivity index (χ1v) is 8.58. The number of hydrogen-bond acceptors (Lipinski definition) is 2. The fraction of sp³-hybridized carbons (Fsp3) is 0.421.